The number of benzene rings is 1. The van der Waals surface area contributed by atoms with Crippen molar-refractivity contribution in [3.8, 4) is 0 Å². The van der Waals surface area contributed by atoms with Gasteiger partial charge >= 0.3 is 0 Å². The third-order valence-electron chi connectivity index (χ3n) is 5.72. The van der Waals surface area contributed by atoms with Crippen LogP contribution in [0, 0.1) is 11.8 Å². The van der Waals surface area contributed by atoms with E-state index in [4.69, 9.17) is 5.73 Å². The molecular formula is C18H22N4O2. The lowest BCUT2D eigenvalue weighted by Gasteiger charge is -2.37. The van der Waals surface area contributed by atoms with Gasteiger partial charge in [0.05, 0.1) is 17.0 Å². The number of carbonyl (C=O) groups excluding carboxylic acids is 1. The molecule has 1 amide bonds. The van der Waals surface area contributed by atoms with Crippen molar-refractivity contribution in [3.05, 3.63) is 40.3 Å². The molecule has 1 aliphatic heterocycles. The van der Waals surface area contributed by atoms with Crippen LogP contribution in [0.4, 0.5) is 0 Å². The van der Waals surface area contributed by atoms with Crippen LogP contribution in [0.15, 0.2) is 29.1 Å². The number of piperidine rings is 1. The van der Waals surface area contributed by atoms with E-state index in [1.165, 1.54) is 0 Å². The summed E-state index contributed by atoms with van der Waals surface area (Å²) in [5.41, 5.74) is 6.65. The standard InChI is InChI=1S/C18H22N4O2/c1-10(16-13-4-2-3-5-14(13)17(23)21-20-16)18(24)22-8-11-6-7-12(9-22)15(11)19/h2-5,10-12,15H,6-9,19H2,1H3,(H,21,23)/t10?,11-,12+,15?. The highest BCUT2D eigenvalue weighted by Crippen LogP contribution is 2.36. The van der Waals surface area contributed by atoms with Gasteiger partial charge in [-0.25, -0.2) is 5.10 Å². The molecule has 0 spiro atoms. The first-order valence-corrected chi connectivity index (χ1v) is 8.58. The average molecular weight is 326 g/mol. The van der Waals surface area contributed by atoms with Crippen LogP contribution in [0.1, 0.15) is 31.4 Å². The number of nitrogens with two attached hydrogens (primary N) is 1. The first-order chi connectivity index (χ1) is 11.6. The zero-order chi connectivity index (χ0) is 16.8. The van der Waals surface area contributed by atoms with Gasteiger partial charge in [0.15, 0.2) is 0 Å². The number of aromatic nitrogens is 2. The van der Waals surface area contributed by atoms with E-state index >= 15 is 0 Å². The number of likely N-dealkylation sites (tertiary alicyclic amines) is 1. The first kappa shape index (κ1) is 15.3. The molecule has 3 N–H and O–H groups in total. The Morgan fingerprint density at radius 1 is 1.25 bits per heavy atom. The van der Waals surface area contributed by atoms with Gasteiger partial charge in [-0.05, 0) is 37.7 Å². The van der Waals surface area contributed by atoms with Crippen LogP contribution in [0.2, 0.25) is 0 Å². The van der Waals surface area contributed by atoms with Gasteiger partial charge in [-0.15, -0.1) is 0 Å². The van der Waals surface area contributed by atoms with Crippen molar-refractivity contribution in [2.45, 2.75) is 31.7 Å². The normalized spacial score (nSPS) is 27.4. The minimum atomic E-state index is -0.388. The Labute approximate surface area is 140 Å². The molecule has 1 aromatic heterocycles. The van der Waals surface area contributed by atoms with Crippen molar-refractivity contribution >= 4 is 16.7 Å². The Kier molecular flexibility index (Phi) is 3.64. The van der Waals surface area contributed by atoms with Crippen LogP contribution in [-0.4, -0.2) is 40.1 Å². The highest BCUT2D eigenvalue weighted by atomic mass is 16.2. The van der Waals surface area contributed by atoms with E-state index in [2.05, 4.69) is 10.2 Å². The van der Waals surface area contributed by atoms with Crippen LogP contribution in [0.3, 0.4) is 0 Å². The van der Waals surface area contributed by atoms with E-state index in [9.17, 15) is 9.59 Å². The van der Waals surface area contributed by atoms with Crippen molar-refractivity contribution in [1.29, 1.82) is 0 Å². The maximum Gasteiger partial charge on any atom is 0.272 e. The van der Waals surface area contributed by atoms with E-state index in [0.29, 0.717) is 22.9 Å². The zero-order valence-corrected chi connectivity index (χ0v) is 13.7. The molecule has 1 aliphatic carbocycles. The first-order valence-electron chi connectivity index (χ1n) is 8.58. The minimum absolute atomic E-state index is 0.0727. The van der Waals surface area contributed by atoms with Crippen molar-refractivity contribution in [1.82, 2.24) is 15.1 Å². The van der Waals surface area contributed by atoms with Gasteiger partial charge in [0.25, 0.3) is 5.56 Å². The molecule has 4 rings (SSSR count). The van der Waals surface area contributed by atoms with Gasteiger partial charge in [-0.2, -0.15) is 5.10 Å². The molecule has 1 saturated carbocycles. The summed E-state index contributed by atoms with van der Waals surface area (Å²) in [4.78, 5) is 26.9. The molecule has 2 unspecified atom stereocenters. The number of hydrogen-bond acceptors (Lipinski definition) is 4. The van der Waals surface area contributed by atoms with Crippen LogP contribution < -0.4 is 11.3 Å². The van der Waals surface area contributed by atoms with Crippen LogP contribution in [-0.2, 0) is 4.79 Å². The molecule has 2 bridgehead atoms. The Balaban J connectivity index is 1.65. The topological polar surface area (TPSA) is 92.1 Å². The summed E-state index contributed by atoms with van der Waals surface area (Å²) >= 11 is 0. The van der Waals surface area contributed by atoms with Gasteiger partial charge in [0.2, 0.25) is 5.91 Å². The van der Waals surface area contributed by atoms with E-state index in [1.54, 1.807) is 6.07 Å². The maximum atomic E-state index is 13.0. The van der Waals surface area contributed by atoms with Crippen LogP contribution in [0.25, 0.3) is 10.8 Å². The largest absolute Gasteiger partial charge is 0.341 e. The molecule has 1 aromatic carbocycles. The van der Waals surface area contributed by atoms with Crippen LogP contribution in [0.5, 0.6) is 0 Å². The Bertz CT molecular complexity index is 832. The number of fused-ring (bicyclic) bond motifs is 3. The number of hydrogen-bond donors (Lipinski definition) is 2. The van der Waals surface area contributed by atoms with Crippen molar-refractivity contribution in [2.75, 3.05) is 13.1 Å². The lowest BCUT2D eigenvalue weighted by Crippen LogP contribution is -2.51. The van der Waals surface area contributed by atoms with Gasteiger partial charge in [-0.3, -0.25) is 9.59 Å². The lowest BCUT2D eigenvalue weighted by atomic mass is 9.91. The van der Waals surface area contributed by atoms with Gasteiger partial charge in [-0.1, -0.05) is 18.2 Å². The number of nitrogens with one attached hydrogen (secondary N) is 1. The number of amides is 1. The molecular weight excluding hydrogens is 304 g/mol. The molecule has 6 nitrogen and oxygen atoms in total. The Hall–Kier alpha value is -2.21. The third-order valence-corrected chi connectivity index (χ3v) is 5.72. The number of rotatable bonds is 2. The van der Waals surface area contributed by atoms with E-state index in [1.807, 2.05) is 30.0 Å². The minimum Gasteiger partial charge on any atom is -0.341 e. The predicted octanol–water partition coefficient (Wildman–Crippen LogP) is 1.22. The second-order valence-corrected chi connectivity index (χ2v) is 7.12. The van der Waals surface area contributed by atoms with Crippen molar-refractivity contribution < 1.29 is 4.79 Å². The fraction of sp³-hybridized carbons (Fsp3) is 0.500. The zero-order valence-electron chi connectivity index (χ0n) is 13.7. The molecule has 2 heterocycles. The highest BCUT2D eigenvalue weighted by Gasteiger charge is 2.42. The second kappa shape index (κ2) is 5.70. The fourth-order valence-electron chi connectivity index (χ4n) is 4.30. The number of carbonyl (C=O) groups is 1. The summed E-state index contributed by atoms with van der Waals surface area (Å²) in [6.45, 7) is 3.34. The Morgan fingerprint density at radius 2 is 1.88 bits per heavy atom. The van der Waals surface area contributed by atoms with Gasteiger partial charge < -0.3 is 10.6 Å². The summed E-state index contributed by atoms with van der Waals surface area (Å²) in [6, 6.07) is 7.53. The van der Waals surface area contributed by atoms with E-state index in [0.717, 1.165) is 31.3 Å². The molecule has 2 aromatic rings. The smallest absolute Gasteiger partial charge is 0.272 e. The molecule has 4 atom stereocenters. The Morgan fingerprint density at radius 3 is 2.54 bits per heavy atom. The van der Waals surface area contributed by atoms with E-state index < -0.39 is 0 Å². The summed E-state index contributed by atoms with van der Waals surface area (Å²) < 4.78 is 0. The number of nitrogens with zero attached hydrogens (tertiary/aromatic N) is 2. The molecule has 24 heavy (non-hydrogen) atoms. The molecule has 2 fully saturated rings. The van der Waals surface area contributed by atoms with Crippen molar-refractivity contribution in [3.63, 3.8) is 0 Å². The second-order valence-electron chi connectivity index (χ2n) is 7.12. The molecule has 2 aliphatic rings. The average Bonchev–Trinajstić information content (AvgIpc) is 2.82. The monoisotopic (exact) mass is 326 g/mol. The van der Waals surface area contributed by atoms with Gasteiger partial charge in [0, 0.05) is 24.5 Å². The summed E-state index contributed by atoms with van der Waals surface area (Å²) in [7, 11) is 0. The van der Waals surface area contributed by atoms with E-state index in [-0.39, 0.29) is 23.4 Å². The maximum absolute atomic E-state index is 13.0. The fourth-order valence-corrected chi connectivity index (χ4v) is 4.30. The molecule has 6 heteroatoms. The summed E-state index contributed by atoms with van der Waals surface area (Å²) in [5, 5.41) is 8.02. The number of aromatic amines is 1. The lowest BCUT2D eigenvalue weighted by molar-refractivity contribution is -0.134. The SMILES string of the molecule is CC(C(=O)N1C[C@H]2CC[C@@H](C1)C2N)c1n[nH]c(=O)c2ccccc12. The molecule has 0 radical (unpaired) electrons. The number of H-pyrrole nitrogens is 1. The van der Waals surface area contributed by atoms with Crippen LogP contribution >= 0.6 is 0 Å². The summed E-state index contributed by atoms with van der Waals surface area (Å²) in [5.74, 6) is 0.518. The summed E-state index contributed by atoms with van der Waals surface area (Å²) in [6.07, 6.45) is 2.23. The molecule has 1 saturated heterocycles. The van der Waals surface area contributed by atoms with Gasteiger partial charge in [0.1, 0.15) is 0 Å². The predicted molar refractivity (Wildman–Crippen MR) is 91.5 cm³/mol. The highest BCUT2D eigenvalue weighted by molar-refractivity contribution is 5.91. The van der Waals surface area contributed by atoms with Crippen molar-refractivity contribution in [2.24, 2.45) is 17.6 Å². The third kappa shape index (κ3) is 2.33. The molecule has 126 valence electrons. The quantitative estimate of drug-likeness (QED) is 0.868.